The van der Waals surface area contributed by atoms with E-state index in [9.17, 15) is 0 Å². The Morgan fingerprint density at radius 3 is 3.00 bits per heavy atom. The first-order valence-electron chi connectivity index (χ1n) is 5.82. The van der Waals surface area contributed by atoms with Gasteiger partial charge in [0.1, 0.15) is 0 Å². The Kier molecular flexibility index (Phi) is 5.36. The lowest BCUT2D eigenvalue weighted by molar-refractivity contribution is 0.637. The Hall–Kier alpha value is -0.780. The van der Waals surface area contributed by atoms with Crippen molar-refractivity contribution in [1.82, 2.24) is 0 Å². The molecular formula is C14H22. The van der Waals surface area contributed by atoms with Crippen LogP contribution in [0, 0.1) is 5.92 Å². The zero-order valence-electron chi connectivity index (χ0n) is 9.34. The summed E-state index contributed by atoms with van der Waals surface area (Å²) in [6, 6.07) is 0. The van der Waals surface area contributed by atoms with Crippen LogP contribution in [0.1, 0.15) is 45.4 Å². The molecule has 0 aliphatic heterocycles. The summed E-state index contributed by atoms with van der Waals surface area (Å²) in [7, 11) is 0. The monoisotopic (exact) mass is 190 g/mol. The van der Waals surface area contributed by atoms with Crippen LogP contribution in [0.3, 0.4) is 0 Å². The van der Waals surface area contributed by atoms with E-state index in [0.29, 0.717) is 5.92 Å². The smallest absolute Gasteiger partial charge is 0.0139 e. The minimum absolute atomic E-state index is 0.703. The summed E-state index contributed by atoms with van der Waals surface area (Å²) >= 11 is 0. The normalized spacial score (nSPS) is 18.5. The van der Waals surface area contributed by atoms with E-state index in [2.05, 4.69) is 31.7 Å². The molecule has 14 heavy (non-hydrogen) atoms. The molecule has 0 bridgehead atoms. The molecule has 78 valence electrons. The van der Waals surface area contributed by atoms with E-state index in [1.165, 1.54) is 32.1 Å². The summed E-state index contributed by atoms with van der Waals surface area (Å²) in [5.74, 6) is 0.703. The highest BCUT2D eigenvalue weighted by atomic mass is 14.1. The fraction of sp³-hybridized carbons (Fsp3) is 0.571. The van der Waals surface area contributed by atoms with Crippen molar-refractivity contribution in [3.63, 3.8) is 0 Å². The maximum atomic E-state index is 3.79. The Morgan fingerprint density at radius 2 is 2.43 bits per heavy atom. The van der Waals surface area contributed by atoms with Crippen molar-refractivity contribution in [2.24, 2.45) is 5.92 Å². The predicted molar refractivity (Wildman–Crippen MR) is 64.3 cm³/mol. The van der Waals surface area contributed by atoms with Gasteiger partial charge in [-0.15, -0.1) is 6.58 Å². The molecule has 0 saturated carbocycles. The first-order chi connectivity index (χ1) is 6.86. The number of hydrogen-bond acceptors (Lipinski definition) is 0. The highest BCUT2D eigenvalue weighted by Gasteiger charge is 2.02. The van der Waals surface area contributed by atoms with Gasteiger partial charge < -0.3 is 0 Å². The van der Waals surface area contributed by atoms with Crippen LogP contribution in [0.5, 0.6) is 0 Å². The first kappa shape index (κ1) is 11.3. The van der Waals surface area contributed by atoms with E-state index in [-0.39, 0.29) is 0 Å². The van der Waals surface area contributed by atoms with Gasteiger partial charge in [0.05, 0.1) is 0 Å². The van der Waals surface area contributed by atoms with Crippen molar-refractivity contribution in [2.45, 2.75) is 45.4 Å². The molecule has 0 saturated heterocycles. The van der Waals surface area contributed by atoms with Gasteiger partial charge in [-0.3, -0.25) is 0 Å². The van der Waals surface area contributed by atoms with E-state index in [1.54, 1.807) is 5.57 Å². The largest absolute Gasteiger partial charge is 0.103 e. The third-order valence-corrected chi connectivity index (χ3v) is 2.92. The van der Waals surface area contributed by atoms with Gasteiger partial charge in [0.2, 0.25) is 0 Å². The summed E-state index contributed by atoms with van der Waals surface area (Å²) in [6.45, 7) is 6.03. The number of rotatable bonds is 6. The van der Waals surface area contributed by atoms with Crippen molar-refractivity contribution in [2.75, 3.05) is 0 Å². The second-order valence-electron chi connectivity index (χ2n) is 4.08. The van der Waals surface area contributed by atoms with Crippen molar-refractivity contribution in [1.29, 1.82) is 0 Å². The molecule has 0 N–H and O–H groups in total. The van der Waals surface area contributed by atoms with Gasteiger partial charge in [0, 0.05) is 0 Å². The molecule has 1 aliphatic rings. The van der Waals surface area contributed by atoms with Crippen molar-refractivity contribution >= 4 is 0 Å². The molecule has 0 unspecified atom stereocenters. The minimum atomic E-state index is 0.703. The van der Waals surface area contributed by atoms with Crippen LogP contribution in [-0.4, -0.2) is 0 Å². The fourth-order valence-corrected chi connectivity index (χ4v) is 1.93. The predicted octanol–water partition coefficient (Wildman–Crippen LogP) is 4.65. The fourth-order valence-electron chi connectivity index (χ4n) is 1.93. The van der Waals surface area contributed by atoms with Gasteiger partial charge in [-0.2, -0.15) is 0 Å². The van der Waals surface area contributed by atoms with Crippen LogP contribution in [0.25, 0.3) is 0 Å². The SMILES string of the molecule is C=CC[C@@H](/C=C/CC1=CCCC1)CC. The van der Waals surface area contributed by atoms with E-state index >= 15 is 0 Å². The van der Waals surface area contributed by atoms with Gasteiger partial charge in [-0.05, 0) is 44.4 Å². The Bertz CT molecular complexity index is 220. The highest BCUT2D eigenvalue weighted by molar-refractivity contribution is 5.12. The maximum absolute atomic E-state index is 3.79. The van der Waals surface area contributed by atoms with E-state index in [4.69, 9.17) is 0 Å². The Morgan fingerprint density at radius 1 is 1.57 bits per heavy atom. The van der Waals surface area contributed by atoms with Crippen molar-refractivity contribution in [3.05, 3.63) is 36.5 Å². The van der Waals surface area contributed by atoms with Crippen LogP contribution in [-0.2, 0) is 0 Å². The quantitative estimate of drug-likeness (QED) is 0.535. The van der Waals surface area contributed by atoms with Crippen molar-refractivity contribution in [3.8, 4) is 0 Å². The summed E-state index contributed by atoms with van der Waals surface area (Å²) in [5.41, 5.74) is 1.63. The third kappa shape index (κ3) is 3.95. The molecule has 1 atom stereocenters. The molecule has 0 heterocycles. The molecule has 0 heteroatoms. The molecule has 0 fully saturated rings. The summed E-state index contributed by atoms with van der Waals surface area (Å²) in [4.78, 5) is 0. The van der Waals surface area contributed by atoms with E-state index in [0.717, 1.165) is 6.42 Å². The lowest BCUT2D eigenvalue weighted by Gasteiger charge is -2.05. The van der Waals surface area contributed by atoms with E-state index in [1.807, 2.05) is 6.08 Å². The first-order valence-corrected chi connectivity index (χ1v) is 5.82. The molecule has 1 aliphatic carbocycles. The lowest BCUT2D eigenvalue weighted by atomic mass is 10.0. The van der Waals surface area contributed by atoms with Gasteiger partial charge in [-0.1, -0.05) is 36.8 Å². The average Bonchev–Trinajstić information content (AvgIpc) is 2.69. The molecule has 1 rings (SSSR count). The van der Waals surface area contributed by atoms with Crippen LogP contribution in [0.2, 0.25) is 0 Å². The van der Waals surface area contributed by atoms with E-state index < -0.39 is 0 Å². The number of hydrogen-bond donors (Lipinski definition) is 0. The molecule has 0 nitrogen and oxygen atoms in total. The zero-order chi connectivity index (χ0) is 10.2. The van der Waals surface area contributed by atoms with Gasteiger partial charge >= 0.3 is 0 Å². The minimum Gasteiger partial charge on any atom is -0.103 e. The zero-order valence-corrected chi connectivity index (χ0v) is 9.34. The molecular weight excluding hydrogens is 168 g/mol. The Labute approximate surface area is 88.4 Å². The summed E-state index contributed by atoms with van der Waals surface area (Å²) < 4.78 is 0. The van der Waals surface area contributed by atoms with Gasteiger partial charge in [0.25, 0.3) is 0 Å². The second kappa shape index (κ2) is 6.64. The average molecular weight is 190 g/mol. The molecule has 0 aromatic carbocycles. The molecule has 0 spiro atoms. The van der Waals surface area contributed by atoms with Crippen LogP contribution < -0.4 is 0 Å². The molecule has 0 radical (unpaired) electrons. The highest BCUT2D eigenvalue weighted by Crippen LogP contribution is 2.21. The molecule has 0 amide bonds. The second-order valence-corrected chi connectivity index (χ2v) is 4.08. The summed E-state index contributed by atoms with van der Waals surface area (Å²) in [5, 5.41) is 0. The lowest BCUT2D eigenvalue weighted by Crippen LogP contribution is -1.91. The maximum Gasteiger partial charge on any atom is -0.0139 e. The third-order valence-electron chi connectivity index (χ3n) is 2.92. The molecule has 0 aromatic rings. The van der Waals surface area contributed by atoms with Crippen LogP contribution >= 0.6 is 0 Å². The topological polar surface area (TPSA) is 0 Å². The molecule has 0 aromatic heterocycles. The standard InChI is InChI=1S/C14H22/c1-3-8-13(4-2)11-7-12-14-9-5-6-10-14/h3,7,9,11,13H,1,4-6,8,10,12H2,2H3/b11-7+/t13-/m0/s1. The van der Waals surface area contributed by atoms with Crippen molar-refractivity contribution < 1.29 is 0 Å². The van der Waals surface area contributed by atoms with Crippen LogP contribution in [0.15, 0.2) is 36.5 Å². The number of allylic oxidation sites excluding steroid dienone is 5. The Balaban J connectivity index is 2.26. The summed E-state index contributed by atoms with van der Waals surface area (Å²) in [6.07, 6.45) is 16.6. The van der Waals surface area contributed by atoms with Gasteiger partial charge in [0.15, 0.2) is 0 Å². The van der Waals surface area contributed by atoms with Gasteiger partial charge in [-0.25, -0.2) is 0 Å². The van der Waals surface area contributed by atoms with Crippen LogP contribution in [0.4, 0.5) is 0 Å².